The molecule has 6 nitrogen and oxygen atoms in total. The first kappa shape index (κ1) is 16.4. The minimum Gasteiger partial charge on any atom is -0.468 e. The van der Waals surface area contributed by atoms with Crippen molar-refractivity contribution in [2.24, 2.45) is 5.73 Å². The predicted molar refractivity (Wildman–Crippen MR) is 81.0 cm³/mol. The summed E-state index contributed by atoms with van der Waals surface area (Å²) < 4.78 is 30.6. The van der Waals surface area contributed by atoms with Crippen LogP contribution in [0.15, 0.2) is 24.3 Å². The van der Waals surface area contributed by atoms with Crippen LogP contribution in [0.25, 0.3) is 0 Å². The number of anilines is 1. The van der Waals surface area contributed by atoms with Gasteiger partial charge >= 0.3 is 5.97 Å². The van der Waals surface area contributed by atoms with Gasteiger partial charge in [-0.2, -0.15) is 0 Å². The molecule has 3 N–H and O–H groups in total. The van der Waals surface area contributed by atoms with Crippen LogP contribution >= 0.6 is 12.2 Å². The molecule has 1 rings (SSSR count). The van der Waals surface area contributed by atoms with Crippen LogP contribution in [0.4, 0.5) is 5.69 Å². The van der Waals surface area contributed by atoms with Crippen molar-refractivity contribution in [1.82, 2.24) is 0 Å². The highest BCUT2D eigenvalue weighted by Gasteiger charge is 2.28. The van der Waals surface area contributed by atoms with Crippen LogP contribution in [-0.2, 0) is 26.0 Å². The van der Waals surface area contributed by atoms with Crippen LogP contribution in [0, 0.1) is 0 Å². The number of carbonyl (C=O) groups excluding carboxylic acids is 1. The lowest BCUT2D eigenvalue weighted by Crippen LogP contribution is -2.33. The molecule has 0 amide bonds. The molecule has 20 heavy (non-hydrogen) atoms. The average molecular weight is 316 g/mol. The molecule has 1 atom stereocenters. The van der Waals surface area contributed by atoms with E-state index in [2.05, 4.69) is 9.46 Å². The summed E-state index contributed by atoms with van der Waals surface area (Å²) in [6, 6.07) is 6.57. The summed E-state index contributed by atoms with van der Waals surface area (Å²) in [5.74, 6) is -0.817. The number of thiocarbonyl (C=S) groups is 1. The largest absolute Gasteiger partial charge is 0.468 e. The van der Waals surface area contributed by atoms with Crippen LogP contribution in [0.3, 0.4) is 0 Å². The number of hydrogen-bond acceptors (Lipinski definition) is 5. The van der Waals surface area contributed by atoms with E-state index in [4.69, 9.17) is 18.0 Å². The van der Waals surface area contributed by atoms with Crippen molar-refractivity contribution < 1.29 is 17.9 Å². The monoisotopic (exact) mass is 316 g/mol. The number of benzene rings is 1. The van der Waals surface area contributed by atoms with Gasteiger partial charge in [0.05, 0.1) is 12.1 Å². The Morgan fingerprint density at radius 3 is 2.40 bits per heavy atom. The molecule has 0 radical (unpaired) electrons. The lowest BCUT2D eigenvalue weighted by Gasteiger charge is -2.13. The van der Waals surface area contributed by atoms with Crippen LogP contribution in [0.2, 0.25) is 0 Å². The number of ether oxygens (including phenoxy) is 1. The van der Waals surface area contributed by atoms with E-state index in [1.54, 1.807) is 24.3 Å². The maximum atomic E-state index is 11.9. The summed E-state index contributed by atoms with van der Waals surface area (Å²) in [5.41, 5.74) is 6.65. The molecule has 110 valence electrons. The highest BCUT2D eigenvalue weighted by Crippen LogP contribution is 2.14. The summed E-state index contributed by atoms with van der Waals surface area (Å²) in [6.07, 6.45) is 0.445. The summed E-state index contributed by atoms with van der Waals surface area (Å²) in [6.45, 7) is 1.26. The first-order valence-corrected chi connectivity index (χ1v) is 7.68. The molecule has 0 bridgehead atoms. The molecule has 1 unspecified atom stereocenters. The zero-order chi connectivity index (χ0) is 15.3. The fourth-order valence-corrected chi connectivity index (χ4v) is 2.59. The average Bonchev–Trinajstić information content (AvgIpc) is 2.38. The molecular formula is C12H16N2O4S2. The molecule has 0 fully saturated rings. The van der Waals surface area contributed by atoms with Gasteiger partial charge in [-0.25, -0.2) is 8.42 Å². The highest BCUT2D eigenvalue weighted by molar-refractivity contribution is 7.94. The van der Waals surface area contributed by atoms with Crippen LogP contribution in [0.1, 0.15) is 12.5 Å². The Hall–Kier alpha value is -1.67. The molecule has 8 heteroatoms. The zero-order valence-corrected chi connectivity index (χ0v) is 12.8. The van der Waals surface area contributed by atoms with E-state index in [-0.39, 0.29) is 0 Å². The lowest BCUT2D eigenvalue weighted by atomic mass is 10.1. The van der Waals surface area contributed by atoms with E-state index >= 15 is 0 Å². The zero-order valence-electron chi connectivity index (χ0n) is 11.1. The smallest absolute Gasteiger partial charge is 0.325 e. The van der Waals surface area contributed by atoms with Crippen LogP contribution in [-0.4, -0.2) is 31.7 Å². The third-order valence-electron chi connectivity index (χ3n) is 2.59. The number of nitrogens with two attached hydrogens (primary N) is 1. The topological polar surface area (TPSA) is 98.5 Å². The Bertz CT molecular complexity index is 596. The van der Waals surface area contributed by atoms with Crippen molar-refractivity contribution in [2.45, 2.75) is 18.6 Å². The molecule has 0 spiro atoms. The van der Waals surface area contributed by atoms with Gasteiger partial charge in [-0.1, -0.05) is 24.4 Å². The van der Waals surface area contributed by atoms with Gasteiger partial charge < -0.3 is 10.5 Å². The van der Waals surface area contributed by atoms with Gasteiger partial charge in [0.2, 0.25) is 10.0 Å². The number of hydrogen-bond donors (Lipinski definition) is 2. The molecule has 1 aromatic carbocycles. The van der Waals surface area contributed by atoms with E-state index in [0.29, 0.717) is 17.1 Å². The van der Waals surface area contributed by atoms with Gasteiger partial charge in [0.25, 0.3) is 0 Å². The lowest BCUT2D eigenvalue weighted by molar-refractivity contribution is -0.139. The first-order chi connectivity index (χ1) is 9.26. The number of nitrogens with one attached hydrogen (secondary N) is 1. The number of rotatable bonds is 6. The van der Waals surface area contributed by atoms with E-state index in [1.807, 2.05) is 0 Å². The maximum absolute atomic E-state index is 11.9. The molecule has 0 aliphatic rings. The van der Waals surface area contributed by atoms with Gasteiger partial charge in [-0.15, -0.1) is 0 Å². The minimum absolute atomic E-state index is 0.354. The quantitative estimate of drug-likeness (QED) is 0.595. The van der Waals surface area contributed by atoms with Crippen LogP contribution in [0.5, 0.6) is 0 Å². The van der Waals surface area contributed by atoms with E-state index in [9.17, 15) is 13.2 Å². The fourth-order valence-electron chi connectivity index (χ4n) is 1.44. The number of methoxy groups -OCH3 is 1. The molecule has 0 aliphatic heterocycles. The fraction of sp³-hybridized carbons (Fsp3) is 0.333. The molecule has 0 heterocycles. The molecule has 0 aromatic heterocycles. The summed E-state index contributed by atoms with van der Waals surface area (Å²) >= 11 is 4.79. The molecule has 0 aliphatic carbocycles. The van der Waals surface area contributed by atoms with Crippen LogP contribution < -0.4 is 10.5 Å². The second-order valence-electron chi connectivity index (χ2n) is 4.15. The normalized spacial score (nSPS) is 12.5. The standard InChI is InChI=1S/C12H16N2O4S2/c1-8(12(15)18-2)20(16,17)14-10-5-3-9(4-6-10)7-11(13)19/h3-6,8,14H,7H2,1-2H3,(H2,13,19). The third-order valence-corrected chi connectivity index (χ3v) is 4.38. The molecule has 1 aromatic rings. The molecule has 0 saturated heterocycles. The van der Waals surface area contributed by atoms with Crippen molar-refractivity contribution in [2.75, 3.05) is 11.8 Å². The Labute approximate surface area is 123 Å². The second kappa shape index (κ2) is 6.67. The second-order valence-corrected chi connectivity index (χ2v) is 6.68. The summed E-state index contributed by atoms with van der Waals surface area (Å²) in [4.78, 5) is 11.6. The summed E-state index contributed by atoms with van der Waals surface area (Å²) in [5, 5.41) is -1.29. The van der Waals surface area contributed by atoms with Gasteiger partial charge in [0.15, 0.2) is 5.25 Å². The number of esters is 1. The number of carbonyl (C=O) groups is 1. The van der Waals surface area contributed by atoms with Crippen molar-refractivity contribution >= 4 is 38.9 Å². The third kappa shape index (κ3) is 4.46. The minimum atomic E-state index is -3.84. The van der Waals surface area contributed by atoms with Crippen molar-refractivity contribution in [3.8, 4) is 0 Å². The van der Waals surface area contributed by atoms with E-state index < -0.39 is 21.2 Å². The SMILES string of the molecule is COC(=O)C(C)S(=O)(=O)Nc1ccc(CC(N)=S)cc1. The molecular weight excluding hydrogens is 300 g/mol. The molecule has 0 saturated carbocycles. The highest BCUT2D eigenvalue weighted by atomic mass is 32.2. The first-order valence-electron chi connectivity index (χ1n) is 5.73. The van der Waals surface area contributed by atoms with Gasteiger partial charge in [-0.05, 0) is 24.6 Å². The Morgan fingerprint density at radius 2 is 1.95 bits per heavy atom. The van der Waals surface area contributed by atoms with Gasteiger partial charge in [0.1, 0.15) is 0 Å². The predicted octanol–water partition coefficient (Wildman–Crippen LogP) is 0.818. The number of sulfonamides is 1. The van der Waals surface area contributed by atoms with Crippen molar-refractivity contribution in [3.05, 3.63) is 29.8 Å². The summed E-state index contributed by atoms with van der Waals surface area (Å²) in [7, 11) is -2.70. The Balaban J connectivity index is 2.82. The van der Waals surface area contributed by atoms with Gasteiger partial charge in [0, 0.05) is 12.1 Å². The van der Waals surface area contributed by atoms with Crippen molar-refractivity contribution in [1.29, 1.82) is 0 Å². The van der Waals surface area contributed by atoms with Crippen molar-refractivity contribution in [3.63, 3.8) is 0 Å². The Morgan fingerprint density at radius 1 is 1.40 bits per heavy atom. The maximum Gasteiger partial charge on any atom is 0.325 e. The van der Waals surface area contributed by atoms with Gasteiger partial charge in [-0.3, -0.25) is 9.52 Å². The van der Waals surface area contributed by atoms with E-state index in [0.717, 1.165) is 12.7 Å². The van der Waals surface area contributed by atoms with E-state index in [1.165, 1.54) is 6.92 Å². The Kier molecular flexibility index (Phi) is 5.46.